The Kier molecular flexibility index (Phi) is 11.5. The van der Waals surface area contributed by atoms with Gasteiger partial charge in [-0.3, -0.25) is 24.6 Å². The molecule has 2 aromatic carbocycles. The number of hydrogen-bond donors (Lipinski definition) is 2. The maximum absolute atomic E-state index is 14.3. The number of pyridine rings is 2. The highest BCUT2D eigenvalue weighted by molar-refractivity contribution is 7.10. The lowest BCUT2D eigenvalue weighted by molar-refractivity contribution is 0.0697. The molecule has 286 valence electrons. The molecular formula is C44H34Cl2N4O5S2. The first-order valence-corrected chi connectivity index (χ1v) is 20.5. The molecule has 6 aromatic rings. The summed E-state index contributed by atoms with van der Waals surface area (Å²) >= 11 is 16.9. The van der Waals surface area contributed by atoms with Gasteiger partial charge in [-0.25, -0.2) is 4.79 Å². The zero-order valence-corrected chi connectivity index (χ0v) is 33.4. The highest BCUT2D eigenvalue weighted by atomic mass is 35.5. The van der Waals surface area contributed by atoms with Crippen LogP contribution >= 0.6 is 45.9 Å². The number of phenols is 1. The van der Waals surface area contributed by atoms with Crippen molar-refractivity contribution >= 4 is 62.8 Å². The van der Waals surface area contributed by atoms with Crippen LogP contribution in [0.5, 0.6) is 5.75 Å². The molecular weight excluding hydrogens is 800 g/mol. The van der Waals surface area contributed by atoms with E-state index in [-0.39, 0.29) is 51.4 Å². The number of aromatic carboxylic acids is 1. The van der Waals surface area contributed by atoms with Crippen molar-refractivity contribution in [3.63, 3.8) is 0 Å². The Hall–Kier alpha value is -5.40. The number of carboxylic acids is 1. The van der Waals surface area contributed by atoms with E-state index < -0.39 is 11.4 Å². The van der Waals surface area contributed by atoms with Gasteiger partial charge in [0.25, 0.3) is 0 Å². The number of fused-ring (bicyclic) bond motifs is 2. The molecule has 8 rings (SSSR count). The SMILES string of the molecule is O=C(O)c1ccccc1-c1c2cc(Cl)c(=O)c(CN(Cc3ccccn3)Cc3cccs3)c-2oc2c(CN(Cc3ccccn3)Cc3cccs3)c(O)c(Cl)cc12. The smallest absolute Gasteiger partial charge is 0.336 e. The number of aromatic nitrogens is 2. The lowest BCUT2D eigenvalue weighted by Crippen LogP contribution is -2.27. The summed E-state index contributed by atoms with van der Waals surface area (Å²) < 4.78 is 6.91. The van der Waals surface area contributed by atoms with Crippen molar-refractivity contribution in [2.75, 3.05) is 0 Å². The standard InChI is InChI=1S/C44H34Cl2N4O5S2/c45-37-19-33-39(31-13-1-2-14-32(31)44(53)54)34-20-38(46)41(52)36(26-50(24-30-12-8-18-57-30)22-28-10-4-6-16-48-28)43(34)55-42(33)35(40(37)51)25-49(23-29-11-7-17-56-29)21-27-9-3-5-15-47-27/h1-20,51H,21-26H2,(H,53,54). The van der Waals surface area contributed by atoms with E-state index in [9.17, 15) is 19.8 Å². The van der Waals surface area contributed by atoms with Crippen LogP contribution in [0.25, 0.3) is 33.4 Å². The lowest BCUT2D eigenvalue weighted by atomic mass is 9.88. The van der Waals surface area contributed by atoms with Crippen molar-refractivity contribution in [2.45, 2.75) is 39.3 Å². The van der Waals surface area contributed by atoms with Gasteiger partial charge in [-0.05, 0) is 70.9 Å². The van der Waals surface area contributed by atoms with Gasteiger partial charge in [0, 0.05) is 77.9 Å². The molecule has 9 nitrogen and oxygen atoms in total. The number of carbonyl (C=O) groups is 1. The van der Waals surface area contributed by atoms with Crippen molar-refractivity contribution in [3.8, 4) is 28.2 Å². The zero-order valence-electron chi connectivity index (χ0n) is 30.3. The van der Waals surface area contributed by atoms with Gasteiger partial charge in [0.05, 0.1) is 38.1 Å². The van der Waals surface area contributed by atoms with Gasteiger partial charge in [-0.15, -0.1) is 22.7 Å². The van der Waals surface area contributed by atoms with Crippen LogP contribution in [-0.4, -0.2) is 36.0 Å². The molecule has 0 bridgehead atoms. The van der Waals surface area contributed by atoms with Crippen LogP contribution in [0.15, 0.2) is 129 Å². The molecule has 13 heteroatoms. The second-order valence-corrected chi connectivity index (χ2v) is 16.4. The van der Waals surface area contributed by atoms with E-state index in [1.54, 1.807) is 59.3 Å². The summed E-state index contributed by atoms with van der Waals surface area (Å²) in [5.74, 6) is -1.10. The van der Waals surface area contributed by atoms with E-state index in [1.807, 2.05) is 71.4 Å². The van der Waals surface area contributed by atoms with E-state index in [0.29, 0.717) is 53.8 Å². The highest BCUT2D eigenvalue weighted by Crippen LogP contribution is 2.48. The van der Waals surface area contributed by atoms with Gasteiger partial charge < -0.3 is 14.6 Å². The molecule has 1 aliphatic carbocycles. The number of nitrogens with zero attached hydrogens (tertiary/aromatic N) is 4. The maximum atomic E-state index is 14.3. The quantitative estimate of drug-likeness (QED) is 0.103. The normalized spacial score (nSPS) is 11.6. The summed E-state index contributed by atoms with van der Waals surface area (Å²) in [6, 6.07) is 29.2. The summed E-state index contributed by atoms with van der Waals surface area (Å²) in [4.78, 5) is 42.6. The average molecular weight is 834 g/mol. The maximum Gasteiger partial charge on any atom is 0.336 e. The van der Waals surface area contributed by atoms with E-state index in [0.717, 1.165) is 21.1 Å². The van der Waals surface area contributed by atoms with Gasteiger partial charge in [-0.1, -0.05) is 65.7 Å². The van der Waals surface area contributed by atoms with Crippen LogP contribution in [0, 0.1) is 0 Å². The summed E-state index contributed by atoms with van der Waals surface area (Å²) in [6.45, 7) is 2.19. The van der Waals surface area contributed by atoms with Gasteiger partial charge in [0.15, 0.2) is 0 Å². The van der Waals surface area contributed by atoms with E-state index in [1.165, 1.54) is 12.1 Å². The van der Waals surface area contributed by atoms with Crippen LogP contribution < -0.4 is 5.43 Å². The van der Waals surface area contributed by atoms with E-state index in [4.69, 9.17) is 27.6 Å². The molecule has 0 radical (unpaired) electrons. The van der Waals surface area contributed by atoms with Gasteiger partial charge in [-0.2, -0.15) is 0 Å². The number of hydrogen-bond acceptors (Lipinski definition) is 10. The third kappa shape index (κ3) is 8.36. The largest absolute Gasteiger partial charge is 0.506 e. The molecule has 4 aromatic heterocycles. The Morgan fingerprint density at radius 3 is 1.84 bits per heavy atom. The zero-order chi connectivity index (χ0) is 39.5. The highest BCUT2D eigenvalue weighted by Gasteiger charge is 2.30. The molecule has 0 spiro atoms. The molecule has 0 unspecified atom stereocenters. The average Bonchev–Trinajstić information content (AvgIpc) is 3.94. The van der Waals surface area contributed by atoms with Crippen molar-refractivity contribution < 1.29 is 19.4 Å². The Morgan fingerprint density at radius 2 is 1.28 bits per heavy atom. The fourth-order valence-electron chi connectivity index (χ4n) is 7.13. The first kappa shape index (κ1) is 38.5. The first-order valence-electron chi connectivity index (χ1n) is 18.0. The number of thiophene rings is 2. The van der Waals surface area contributed by atoms with E-state index in [2.05, 4.69) is 19.8 Å². The number of halogens is 2. The molecule has 2 N–H and O–H groups in total. The van der Waals surface area contributed by atoms with Crippen LogP contribution in [0.2, 0.25) is 10.0 Å². The Balaban J connectivity index is 1.37. The molecule has 0 amide bonds. The molecule has 0 saturated heterocycles. The van der Waals surface area contributed by atoms with Crippen LogP contribution in [0.3, 0.4) is 0 Å². The van der Waals surface area contributed by atoms with Crippen LogP contribution in [0.1, 0.15) is 42.6 Å². The minimum absolute atomic E-state index is 0.0323. The summed E-state index contributed by atoms with van der Waals surface area (Å²) in [6.07, 6.45) is 3.47. The Labute approximate surface area is 346 Å². The summed E-state index contributed by atoms with van der Waals surface area (Å²) in [7, 11) is 0. The van der Waals surface area contributed by atoms with Gasteiger partial charge >= 0.3 is 5.97 Å². The molecule has 2 aliphatic rings. The number of aromatic hydroxyl groups is 1. The molecule has 0 atom stereocenters. The molecule has 0 saturated carbocycles. The van der Waals surface area contributed by atoms with Crippen molar-refractivity contribution in [1.82, 2.24) is 19.8 Å². The number of carboxylic acid groups (broad SMARTS) is 1. The summed E-state index contributed by atoms with van der Waals surface area (Å²) in [5, 5.41) is 26.7. The first-order chi connectivity index (χ1) is 27.7. The van der Waals surface area contributed by atoms with Crippen molar-refractivity contribution in [2.24, 2.45) is 0 Å². The topological polar surface area (TPSA) is 120 Å². The number of phenolic OH excluding ortho intramolecular Hbond substituents is 1. The predicted molar refractivity (Wildman–Crippen MR) is 226 cm³/mol. The van der Waals surface area contributed by atoms with Gasteiger partial charge in [0.1, 0.15) is 17.1 Å². The predicted octanol–water partition coefficient (Wildman–Crippen LogP) is 10.6. The fraction of sp³-hybridized carbons (Fsp3) is 0.136. The molecule has 5 heterocycles. The van der Waals surface area contributed by atoms with Crippen molar-refractivity contribution in [1.29, 1.82) is 0 Å². The third-order valence-corrected chi connectivity index (χ3v) is 11.9. The van der Waals surface area contributed by atoms with Crippen LogP contribution in [0.4, 0.5) is 0 Å². The molecule has 0 fully saturated rings. The van der Waals surface area contributed by atoms with E-state index >= 15 is 0 Å². The van der Waals surface area contributed by atoms with Crippen LogP contribution in [-0.2, 0) is 39.3 Å². The minimum atomic E-state index is -1.14. The second-order valence-electron chi connectivity index (χ2n) is 13.5. The fourth-order valence-corrected chi connectivity index (χ4v) is 9.07. The number of benzene rings is 3. The monoisotopic (exact) mass is 832 g/mol. The second kappa shape index (κ2) is 17.0. The summed E-state index contributed by atoms with van der Waals surface area (Å²) in [5.41, 5.74) is 3.42. The third-order valence-electron chi connectivity index (χ3n) is 9.66. The van der Waals surface area contributed by atoms with Gasteiger partial charge in [0.2, 0.25) is 5.43 Å². The van der Waals surface area contributed by atoms with Crippen molar-refractivity contribution in [3.05, 3.63) is 178 Å². The molecule has 57 heavy (non-hydrogen) atoms. The Morgan fingerprint density at radius 1 is 0.684 bits per heavy atom. The molecule has 1 aliphatic heterocycles. The lowest BCUT2D eigenvalue weighted by Gasteiger charge is -2.26. The number of rotatable bonds is 14. The Bertz CT molecular complexity index is 2690. The minimum Gasteiger partial charge on any atom is -0.506 e.